The number of aliphatic carboxylic acids is 1. The summed E-state index contributed by atoms with van der Waals surface area (Å²) in [4.78, 5) is 9.87. The molecule has 0 aliphatic heterocycles. The van der Waals surface area contributed by atoms with Crippen LogP contribution in [0.5, 0.6) is 0 Å². The van der Waals surface area contributed by atoms with Crippen LogP contribution in [0.3, 0.4) is 0 Å². The predicted molar refractivity (Wildman–Crippen MR) is 41.7 cm³/mol. The van der Waals surface area contributed by atoms with Gasteiger partial charge in [0.15, 0.2) is 0 Å². The summed E-state index contributed by atoms with van der Waals surface area (Å²) in [5.41, 5.74) is 0. The van der Waals surface area contributed by atoms with Crippen LogP contribution in [0.25, 0.3) is 0 Å². The van der Waals surface area contributed by atoms with Gasteiger partial charge >= 0.3 is 30.4 Å². The predicted octanol–water partition coefficient (Wildman–Crippen LogP) is 0.467. The Bertz CT molecular complexity index is 73.5. The molecule has 3 heteroatoms. The van der Waals surface area contributed by atoms with Crippen LogP contribution in [0.4, 0.5) is 0 Å². The van der Waals surface area contributed by atoms with Crippen molar-refractivity contribution in [3.63, 3.8) is 0 Å². The van der Waals surface area contributed by atoms with E-state index in [1.54, 1.807) is 0 Å². The van der Waals surface area contributed by atoms with Gasteiger partial charge in [-0.2, -0.15) is 0 Å². The standard InChI is InChI=1S/C6H12O2.Sb.3H/c1-2-3-4-5-6(7)8;;;;/h2-5H2,1H3,(H,7,8);;;;. The normalized spacial score (nSPS) is 8.11. The van der Waals surface area contributed by atoms with E-state index in [0.29, 0.717) is 6.42 Å². The van der Waals surface area contributed by atoms with Crippen molar-refractivity contribution in [1.82, 2.24) is 0 Å². The summed E-state index contributed by atoms with van der Waals surface area (Å²) in [7, 11) is 0. The van der Waals surface area contributed by atoms with Crippen LogP contribution in [0, 0.1) is 0 Å². The van der Waals surface area contributed by atoms with Crippen LogP contribution in [-0.4, -0.2) is 35.5 Å². The number of unbranched alkanes of at least 4 members (excludes halogenated alkanes) is 2. The second-order valence-corrected chi connectivity index (χ2v) is 1.85. The molecular formula is C6H15O2Sb. The van der Waals surface area contributed by atoms with Crippen LogP contribution in [0.2, 0.25) is 0 Å². The summed E-state index contributed by atoms with van der Waals surface area (Å²) < 4.78 is 0. The molecule has 0 aliphatic rings. The summed E-state index contributed by atoms with van der Waals surface area (Å²) in [5, 5.41) is 8.14. The summed E-state index contributed by atoms with van der Waals surface area (Å²) >= 11 is 0. The van der Waals surface area contributed by atoms with Gasteiger partial charge in [0.05, 0.1) is 0 Å². The summed E-state index contributed by atoms with van der Waals surface area (Å²) in [6.45, 7) is 2.06. The van der Waals surface area contributed by atoms with E-state index in [-0.39, 0.29) is 24.4 Å². The van der Waals surface area contributed by atoms with Gasteiger partial charge in [-0.3, -0.25) is 4.79 Å². The fraction of sp³-hybridized carbons (Fsp3) is 0.833. The third-order valence-corrected chi connectivity index (χ3v) is 0.994. The van der Waals surface area contributed by atoms with E-state index in [0.717, 1.165) is 19.3 Å². The zero-order valence-electron chi connectivity index (χ0n) is 5.89. The Morgan fingerprint density at radius 2 is 2.00 bits per heavy atom. The van der Waals surface area contributed by atoms with Crippen molar-refractivity contribution in [2.45, 2.75) is 32.6 Å². The van der Waals surface area contributed by atoms with Crippen molar-refractivity contribution >= 4 is 30.4 Å². The second kappa shape index (κ2) is 8.29. The summed E-state index contributed by atoms with van der Waals surface area (Å²) in [5.74, 6) is -0.682. The molecule has 0 amide bonds. The van der Waals surface area contributed by atoms with Crippen molar-refractivity contribution < 1.29 is 9.90 Å². The molecule has 9 heavy (non-hydrogen) atoms. The zero-order valence-corrected chi connectivity index (χ0v) is 9.93. The van der Waals surface area contributed by atoms with Gasteiger partial charge in [0.25, 0.3) is 0 Å². The Hall–Kier alpha value is 0.288. The summed E-state index contributed by atoms with van der Waals surface area (Å²) in [6, 6.07) is 0. The fourth-order valence-electron chi connectivity index (χ4n) is 0.526. The van der Waals surface area contributed by atoms with E-state index in [4.69, 9.17) is 5.11 Å². The van der Waals surface area contributed by atoms with Gasteiger partial charge in [0.1, 0.15) is 0 Å². The van der Waals surface area contributed by atoms with Gasteiger partial charge in [-0.25, -0.2) is 0 Å². The topological polar surface area (TPSA) is 37.3 Å². The van der Waals surface area contributed by atoms with Gasteiger partial charge in [-0.05, 0) is 6.42 Å². The van der Waals surface area contributed by atoms with E-state index >= 15 is 0 Å². The van der Waals surface area contributed by atoms with Crippen LogP contribution < -0.4 is 0 Å². The van der Waals surface area contributed by atoms with Crippen LogP contribution in [0.15, 0.2) is 0 Å². The van der Waals surface area contributed by atoms with Gasteiger partial charge < -0.3 is 5.11 Å². The van der Waals surface area contributed by atoms with E-state index in [1.165, 1.54) is 0 Å². The quantitative estimate of drug-likeness (QED) is 0.573. The van der Waals surface area contributed by atoms with Crippen LogP contribution in [-0.2, 0) is 4.79 Å². The van der Waals surface area contributed by atoms with Crippen molar-refractivity contribution in [3.05, 3.63) is 0 Å². The molecule has 0 aromatic rings. The molecule has 0 spiro atoms. The number of carboxylic acid groups (broad SMARTS) is 1. The molecule has 0 aromatic carbocycles. The molecule has 0 aromatic heterocycles. The molecule has 2 nitrogen and oxygen atoms in total. The number of hydrogen-bond acceptors (Lipinski definition) is 1. The van der Waals surface area contributed by atoms with E-state index in [2.05, 4.69) is 6.92 Å². The monoisotopic (exact) mass is 240 g/mol. The Labute approximate surface area is 73.1 Å². The molecule has 0 unspecified atom stereocenters. The fourth-order valence-corrected chi connectivity index (χ4v) is 0.526. The van der Waals surface area contributed by atoms with Gasteiger partial charge in [0.2, 0.25) is 0 Å². The van der Waals surface area contributed by atoms with E-state index in [9.17, 15) is 4.79 Å². The Kier molecular flexibility index (Phi) is 11.1. The molecule has 56 valence electrons. The minimum absolute atomic E-state index is 0. The molecule has 0 fully saturated rings. The molecular weight excluding hydrogens is 226 g/mol. The average Bonchev–Trinajstić information content (AvgIpc) is 1.66. The van der Waals surface area contributed by atoms with Gasteiger partial charge in [-0.15, -0.1) is 0 Å². The molecule has 0 atom stereocenters. The van der Waals surface area contributed by atoms with Crippen LogP contribution >= 0.6 is 0 Å². The third kappa shape index (κ3) is 11.7. The molecule has 1 N–H and O–H groups in total. The van der Waals surface area contributed by atoms with Crippen molar-refractivity contribution in [1.29, 1.82) is 0 Å². The second-order valence-electron chi connectivity index (χ2n) is 1.85. The molecule has 0 saturated heterocycles. The first-order valence-electron chi connectivity index (χ1n) is 2.99. The number of hydrogen-bond donors (Lipinski definition) is 1. The number of carbonyl (C=O) groups is 1. The van der Waals surface area contributed by atoms with Crippen molar-refractivity contribution in [2.75, 3.05) is 0 Å². The Morgan fingerprint density at radius 3 is 2.33 bits per heavy atom. The molecule has 0 rings (SSSR count). The Morgan fingerprint density at radius 1 is 1.44 bits per heavy atom. The number of rotatable bonds is 4. The molecule has 0 bridgehead atoms. The molecule has 0 aliphatic carbocycles. The minimum atomic E-state index is -0.682. The Balaban J connectivity index is 0. The van der Waals surface area contributed by atoms with Gasteiger partial charge in [0, 0.05) is 6.42 Å². The molecule has 0 radical (unpaired) electrons. The van der Waals surface area contributed by atoms with E-state index < -0.39 is 5.97 Å². The van der Waals surface area contributed by atoms with E-state index in [1.807, 2.05) is 0 Å². The SMILES string of the molecule is CCCCCC(=O)O.[SbH3]. The number of carboxylic acids is 1. The molecule has 0 saturated carbocycles. The maximum atomic E-state index is 9.87. The maximum absolute atomic E-state index is 9.87. The van der Waals surface area contributed by atoms with Crippen molar-refractivity contribution in [2.24, 2.45) is 0 Å². The first-order valence-corrected chi connectivity index (χ1v) is 2.99. The van der Waals surface area contributed by atoms with Gasteiger partial charge in [-0.1, -0.05) is 19.8 Å². The first kappa shape index (κ1) is 12.0. The zero-order chi connectivity index (χ0) is 6.41. The molecule has 0 heterocycles. The summed E-state index contributed by atoms with van der Waals surface area (Å²) in [6.07, 6.45) is 3.28. The van der Waals surface area contributed by atoms with Crippen LogP contribution in [0.1, 0.15) is 32.6 Å². The third-order valence-electron chi connectivity index (χ3n) is 0.994. The van der Waals surface area contributed by atoms with Crippen molar-refractivity contribution in [3.8, 4) is 0 Å². The average molecular weight is 241 g/mol. The first-order chi connectivity index (χ1) is 3.77.